The number of fused-ring (bicyclic) bond motifs is 1. The van der Waals surface area contributed by atoms with Crippen molar-refractivity contribution >= 4 is 28.1 Å². The van der Waals surface area contributed by atoms with Gasteiger partial charge in [-0.05, 0) is 37.8 Å². The summed E-state index contributed by atoms with van der Waals surface area (Å²) in [7, 11) is 0. The van der Waals surface area contributed by atoms with Crippen LogP contribution in [0.15, 0.2) is 36.1 Å². The van der Waals surface area contributed by atoms with Crippen LogP contribution in [0, 0.1) is 0 Å². The largest absolute Gasteiger partial charge is 0.401 e. The number of hydrogen-bond acceptors (Lipinski definition) is 6. The van der Waals surface area contributed by atoms with Gasteiger partial charge in [-0.15, -0.1) is 11.3 Å². The van der Waals surface area contributed by atoms with Gasteiger partial charge in [0.2, 0.25) is 0 Å². The second-order valence-corrected chi connectivity index (χ2v) is 8.20. The number of amides is 1. The second-order valence-electron chi connectivity index (χ2n) is 7.31. The summed E-state index contributed by atoms with van der Waals surface area (Å²) >= 11 is 1.42. The molecular formula is C20H20F3N5OS. The predicted molar refractivity (Wildman–Crippen MR) is 108 cm³/mol. The third-order valence-corrected chi connectivity index (χ3v) is 5.92. The molecule has 6 nitrogen and oxygen atoms in total. The summed E-state index contributed by atoms with van der Waals surface area (Å²) in [5.41, 5.74) is 3.30. The highest BCUT2D eigenvalue weighted by atomic mass is 32.1. The van der Waals surface area contributed by atoms with Crippen molar-refractivity contribution in [2.75, 3.05) is 6.54 Å². The maximum absolute atomic E-state index is 12.8. The normalized spacial score (nSPS) is 19.7. The van der Waals surface area contributed by atoms with Crippen LogP contribution in [0.3, 0.4) is 0 Å². The molecule has 1 aliphatic carbocycles. The molecular weight excluding hydrogens is 415 g/mol. The van der Waals surface area contributed by atoms with E-state index in [1.165, 1.54) is 11.3 Å². The molecule has 1 saturated carbocycles. The fraction of sp³-hybridized carbons (Fsp3) is 0.400. The van der Waals surface area contributed by atoms with Crippen LogP contribution in [0.5, 0.6) is 0 Å². The first-order valence-corrected chi connectivity index (χ1v) is 10.5. The Balaban J connectivity index is 1.44. The fourth-order valence-electron chi connectivity index (χ4n) is 3.67. The number of aromatic nitrogens is 3. The lowest BCUT2D eigenvalue weighted by atomic mass is 9.91. The molecule has 0 atom stereocenters. The minimum absolute atomic E-state index is 0.0836. The zero-order chi connectivity index (χ0) is 21.1. The smallest absolute Gasteiger partial charge is 0.348 e. The van der Waals surface area contributed by atoms with Gasteiger partial charge in [0.1, 0.15) is 11.4 Å². The van der Waals surface area contributed by atoms with Gasteiger partial charge in [0.05, 0.1) is 22.4 Å². The van der Waals surface area contributed by atoms with Crippen molar-refractivity contribution in [1.82, 2.24) is 25.6 Å². The van der Waals surface area contributed by atoms with Crippen molar-refractivity contribution < 1.29 is 18.0 Å². The van der Waals surface area contributed by atoms with Gasteiger partial charge < -0.3 is 10.6 Å². The van der Waals surface area contributed by atoms with Gasteiger partial charge in [-0.25, -0.2) is 4.98 Å². The van der Waals surface area contributed by atoms with Gasteiger partial charge in [0.15, 0.2) is 0 Å². The Morgan fingerprint density at radius 3 is 2.67 bits per heavy atom. The van der Waals surface area contributed by atoms with Gasteiger partial charge in [-0.1, -0.05) is 6.07 Å². The standard InChI is InChI=1S/C20H20F3N5OS/c21-20(22,23)10-26-13-3-5-14(6-4-13)27-19(29)15-8-12-2-1-7-25-17(12)18(28-15)16-9-24-11-30-16/h1-2,7-9,11,13-14,26H,3-6,10H2,(H,27,29). The molecule has 30 heavy (non-hydrogen) atoms. The van der Waals surface area contributed by atoms with E-state index in [1.54, 1.807) is 30.0 Å². The lowest BCUT2D eigenvalue weighted by Gasteiger charge is -2.30. The molecule has 0 bridgehead atoms. The molecule has 1 amide bonds. The highest BCUT2D eigenvalue weighted by Gasteiger charge is 2.30. The van der Waals surface area contributed by atoms with Crippen LogP contribution in [0.1, 0.15) is 36.2 Å². The monoisotopic (exact) mass is 435 g/mol. The molecule has 3 aromatic heterocycles. The molecule has 0 aromatic carbocycles. The zero-order valence-corrected chi connectivity index (χ0v) is 16.8. The molecule has 1 fully saturated rings. The van der Waals surface area contributed by atoms with E-state index in [0.29, 0.717) is 36.9 Å². The SMILES string of the molecule is O=C(NC1CCC(NCC(F)(F)F)CC1)c1cc2cccnc2c(-c2cncs2)n1. The molecule has 0 saturated heterocycles. The van der Waals surface area contributed by atoms with Crippen LogP contribution < -0.4 is 10.6 Å². The van der Waals surface area contributed by atoms with Crippen LogP contribution in [-0.2, 0) is 0 Å². The number of rotatable bonds is 5. The van der Waals surface area contributed by atoms with E-state index in [2.05, 4.69) is 25.6 Å². The average molecular weight is 435 g/mol. The van der Waals surface area contributed by atoms with Gasteiger partial charge >= 0.3 is 6.18 Å². The fourth-order valence-corrected chi connectivity index (χ4v) is 4.28. The van der Waals surface area contributed by atoms with Crippen molar-refractivity contribution in [3.63, 3.8) is 0 Å². The second kappa shape index (κ2) is 8.65. The average Bonchev–Trinajstić information content (AvgIpc) is 3.26. The number of carbonyl (C=O) groups is 1. The number of carbonyl (C=O) groups excluding carboxylic acids is 1. The Hall–Kier alpha value is -2.59. The maximum atomic E-state index is 12.8. The van der Waals surface area contributed by atoms with Gasteiger partial charge in [0, 0.05) is 29.9 Å². The minimum atomic E-state index is -4.21. The molecule has 3 aromatic rings. The maximum Gasteiger partial charge on any atom is 0.401 e. The molecule has 0 aliphatic heterocycles. The number of halogens is 3. The lowest BCUT2D eigenvalue weighted by molar-refractivity contribution is -0.126. The topological polar surface area (TPSA) is 79.8 Å². The Morgan fingerprint density at radius 2 is 1.97 bits per heavy atom. The van der Waals surface area contributed by atoms with Crippen molar-refractivity contribution in [3.05, 3.63) is 41.8 Å². The van der Waals surface area contributed by atoms with Gasteiger partial charge in [-0.3, -0.25) is 14.8 Å². The molecule has 2 N–H and O–H groups in total. The van der Waals surface area contributed by atoms with E-state index >= 15 is 0 Å². The summed E-state index contributed by atoms with van der Waals surface area (Å²) in [6.07, 6.45) is 1.58. The van der Waals surface area contributed by atoms with Crippen molar-refractivity contribution in [2.45, 2.75) is 43.9 Å². The third kappa shape index (κ3) is 4.93. The van der Waals surface area contributed by atoms with E-state index in [0.717, 1.165) is 10.3 Å². The quantitative estimate of drug-likeness (QED) is 0.635. The van der Waals surface area contributed by atoms with E-state index in [4.69, 9.17) is 0 Å². The van der Waals surface area contributed by atoms with Crippen LogP contribution in [0.25, 0.3) is 21.5 Å². The van der Waals surface area contributed by atoms with Gasteiger partial charge in [0.25, 0.3) is 5.91 Å². The molecule has 158 valence electrons. The zero-order valence-electron chi connectivity index (χ0n) is 15.9. The van der Waals surface area contributed by atoms with Crippen molar-refractivity contribution in [1.29, 1.82) is 0 Å². The summed E-state index contributed by atoms with van der Waals surface area (Å²) in [5.74, 6) is -0.293. The number of nitrogens with zero attached hydrogens (tertiary/aromatic N) is 3. The van der Waals surface area contributed by atoms with Crippen molar-refractivity contribution in [2.24, 2.45) is 0 Å². The molecule has 3 heterocycles. The highest BCUT2D eigenvalue weighted by Crippen LogP contribution is 2.29. The van der Waals surface area contributed by atoms with Crippen LogP contribution in [-0.4, -0.2) is 45.7 Å². The number of pyridine rings is 2. The summed E-state index contributed by atoms with van der Waals surface area (Å²) < 4.78 is 37.1. The minimum Gasteiger partial charge on any atom is -0.348 e. The number of nitrogens with one attached hydrogen (secondary N) is 2. The van der Waals surface area contributed by atoms with E-state index in [-0.39, 0.29) is 23.7 Å². The molecule has 1 aliphatic rings. The highest BCUT2D eigenvalue weighted by molar-refractivity contribution is 7.13. The first kappa shape index (κ1) is 20.7. The van der Waals surface area contributed by atoms with Crippen molar-refractivity contribution in [3.8, 4) is 10.6 Å². The number of hydrogen-bond donors (Lipinski definition) is 2. The lowest BCUT2D eigenvalue weighted by Crippen LogP contribution is -2.44. The predicted octanol–water partition coefficient (Wildman–Crippen LogP) is 3.95. The van der Waals surface area contributed by atoms with E-state index in [9.17, 15) is 18.0 Å². The number of thiazole rings is 1. The molecule has 4 rings (SSSR count). The number of alkyl halides is 3. The van der Waals surface area contributed by atoms with E-state index in [1.807, 2.05) is 6.07 Å². The molecule has 0 spiro atoms. The first-order valence-electron chi connectivity index (χ1n) is 9.65. The third-order valence-electron chi connectivity index (χ3n) is 5.14. The van der Waals surface area contributed by atoms with Crippen LogP contribution in [0.4, 0.5) is 13.2 Å². The van der Waals surface area contributed by atoms with Crippen LogP contribution >= 0.6 is 11.3 Å². The Kier molecular flexibility index (Phi) is 5.96. The first-order chi connectivity index (χ1) is 14.4. The Morgan fingerprint density at radius 1 is 1.20 bits per heavy atom. The van der Waals surface area contributed by atoms with E-state index < -0.39 is 12.7 Å². The Bertz CT molecular complexity index is 1020. The summed E-state index contributed by atoms with van der Waals surface area (Å²) in [4.78, 5) is 26.7. The summed E-state index contributed by atoms with van der Waals surface area (Å²) in [5, 5.41) is 6.34. The molecule has 0 radical (unpaired) electrons. The Labute approximate surface area is 175 Å². The summed E-state index contributed by atoms with van der Waals surface area (Å²) in [6, 6.07) is 5.12. The summed E-state index contributed by atoms with van der Waals surface area (Å²) in [6.45, 7) is -0.982. The van der Waals surface area contributed by atoms with Crippen LogP contribution in [0.2, 0.25) is 0 Å². The van der Waals surface area contributed by atoms with Gasteiger partial charge in [-0.2, -0.15) is 13.2 Å². The molecule has 0 unspecified atom stereocenters. The molecule has 10 heteroatoms.